The summed E-state index contributed by atoms with van der Waals surface area (Å²) in [4.78, 5) is 17.7. The first-order chi connectivity index (χ1) is 10.7. The monoisotopic (exact) mass is 300 g/mol. The molecule has 1 atom stereocenters. The molecule has 120 valence electrons. The van der Waals surface area contributed by atoms with Gasteiger partial charge in [0.25, 0.3) is 5.91 Å². The Morgan fingerprint density at radius 3 is 2.55 bits per heavy atom. The van der Waals surface area contributed by atoms with Crippen LogP contribution < -0.4 is 0 Å². The Labute approximate surface area is 134 Å². The van der Waals surface area contributed by atoms with E-state index in [2.05, 4.69) is 23.8 Å². The highest BCUT2D eigenvalue weighted by Crippen LogP contribution is 2.43. The van der Waals surface area contributed by atoms with E-state index in [0.29, 0.717) is 6.04 Å². The number of amides is 1. The van der Waals surface area contributed by atoms with Gasteiger partial charge in [0.15, 0.2) is 0 Å². The summed E-state index contributed by atoms with van der Waals surface area (Å²) in [5, 5.41) is 0. The topological polar surface area (TPSA) is 23.6 Å². The van der Waals surface area contributed by atoms with Crippen LogP contribution in [0, 0.1) is 0 Å². The van der Waals surface area contributed by atoms with Crippen LogP contribution in [0.4, 0.5) is 0 Å². The van der Waals surface area contributed by atoms with Gasteiger partial charge in [0, 0.05) is 23.7 Å². The second kappa shape index (κ2) is 6.41. The van der Waals surface area contributed by atoms with E-state index < -0.39 is 0 Å². The van der Waals surface area contributed by atoms with Gasteiger partial charge in [-0.3, -0.25) is 4.79 Å². The predicted octanol–water partition coefficient (Wildman–Crippen LogP) is 3.56. The number of benzene rings is 1. The highest BCUT2D eigenvalue weighted by Gasteiger charge is 2.48. The summed E-state index contributed by atoms with van der Waals surface area (Å²) in [6.07, 6.45) is 7.36. The van der Waals surface area contributed by atoms with Gasteiger partial charge in [-0.05, 0) is 45.0 Å². The van der Waals surface area contributed by atoms with E-state index in [-0.39, 0.29) is 11.4 Å². The summed E-state index contributed by atoms with van der Waals surface area (Å²) in [5.41, 5.74) is 0.950. The number of rotatable bonds is 3. The number of carbonyl (C=O) groups is 1. The van der Waals surface area contributed by atoms with Crippen molar-refractivity contribution in [1.29, 1.82) is 0 Å². The Kier molecular flexibility index (Phi) is 4.53. The fourth-order valence-electron chi connectivity index (χ4n) is 4.29. The van der Waals surface area contributed by atoms with Crippen molar-refractivity contribution in [3.05, 3.63) is 35.9 Å². The van der Waals surface area contributed by atoms with Crippen LogP contribution >= 0.6 is 0 Å². The maximum atomic E-state index is 13.1. The highest BCUT2D eigenvalue weighted by atomic mass is 16.2. The van der Waals surface area contributed by atoms with Crippen LogP contribution in [0.2, 0.25) is 0 Å². The first-order valence-electron chi connectivity index (χ1n) is 8.73. The second-order valence-corrected chi connectivity index (χ2v) is 7.00. The lowest BCUT2D eigenvalue weighted by atomic mass is 9.79. The molecule has 1 aromatic carbocycles. The zero-order valence-electron chi connectivity index (χ0n) is 13.9. The van der Waals surface area contributed by atoms with Crippen LogP contribution in [0.15, 0.2) is 30.3 Å². The molecule has 1 saturated heterocycles. The van der Waals surface area contributed by atoms with Gasteiger partial charge in [0.1, 0.15) is 0 Å². The molecule has 3 heteroatoms. The zero-order chi connectivity index (χ0) is 15.6. The third kappa shape index (κ3) is 2.79. The van der Waals surface area contributed by atoms with Gasteiger partial charge in [-0.2, -0.15) is 0 Å². The van der Waals surface area contributed by atoms with E-state index in [1.165, 1.54) is 32.1 Å². The van der Waals surface area contributed by atoms with Gasteiger partial charge in [0.05, 0.1) is 0 Å². The molecular weight excluding hydrogens is 272 g/mol. The Balaban J connectivity index is 1.87. The molecule has 3 rings (SSSR count). The van der Waals surface area contributed by atoms with Crippen LogP contribution in [0.3, 0.4) is 0 Å². The number of likely N-dealkylation sites (tertiary alicyclic amines) is 1. The van der Waals surface area contributed by atoms with Gasteiger partial charge in [-0.25, -0.2) is 0 Å². The van der Waals surface area contributed by atoms with Crippen LogP contribution in [0.1, 0.15) is 55.8 Å². The van der Waals surface area contributed by atoms with Crippen molar-refractivity contribution in [3.8, 4) is 0 Å². The van der Waals surface area contributed by atoms with Crippen molar-refractivity contribution in [2.24, 2.45) is 0 Å². The number of nitrogens with zero attached hydrogens (tertiary/aromatic N) is 2. The lowest BCUT2D eigenvalue weighted by molar-refractivity contribution is 0.0499. The minimum absolute atomic E-state index is 0.110. The van der Waals surface area contributed by atoms with Gasteiger partial charge in [0.2, 0.25) is 0 Å². The number of carbonyl (C=O) groups excluding carboxylic acids is 1. The Hall–Kier alpha value is -1.35. The van der Waals surface area contributed by atoms with E-state index in [9.17, 15) is 4.79 Å². The smallest absolute Gasteiger partial charge is 0.254 e. The normalized spacial score (nSPS) is 24.1. The molecule has 3 nitrogen and oxygen atoms in total. The highest BCUT2D eigenvalue weighted by molar-refractivity contribution is 5.95. The van der Waals surface area contributed by atoms with Crippen molar-refractivity contribution in [2.45, 2.75) is 57.0 Å². The minimum atomic E-state index is 0.110. The van der Waals surface area contributed by atoms with E-state index >= 15 is 0 Å². The predicted molar refractivity (Wildman–Crippen MR) is 90.0 cm³/mol. The standard InChI is InChI=1S/C19H28N2O/c1-3-20(2)17-14-19(12-8-5-9-13-19)21(15-17)18(22)16-10-6-4-7-11-16/h4,6-7,10-11,17H,3,5,8-9,12-15H2,1-2H3/t17-/m0/s1. The quantitative estimate of drug-likeness (QED) is 0.852. The molecule has 1 aromatic rings. The summed E-state index contributed by atoms with van der Waals surface area (Å²) in [7, 11) is 2.19. The molecule has 0 unspecified atom stereocenters. The molecule has 22 heavy (non-hydrogen) atoms. The largest absolute Gasteiger partial charge is 0.331 e. The molecule has 2 aliphatic rings. The molecule has 1 saturated carbocycles. The molecule has 0 bridgehead atoms. The maximum Gasteiger partial charge on any atom is 0.254 e. The Bertz CT molecular complexity index is 507. The van der Waals surface area contributed by atoms with Crippen LogP contribution in [0.5, 0.6) is 0 Å². The number of likely N-dealkylation sites (N-methyl/N-ethyl adjacent to an activating group) is 1. The van der Waals surface area contributed by atoms with Crippen LogP contribution in [0.25, 0.3) is 0 Å². The summed E-state index contributed by atoms with van der Waals surface area (Å²) in [6, 6.07) is 10.3. The summed E-state index contributed by atoms with van der Waals surface area (Å²) >= 11 is 0. The van der Waals surface area contributed by atoms with Gasteiger partial charge >= 0.3 is 0 Å². The molecule has 0 radical (unpaired) electrons. The van der Waals surface area contributed by atoms with Crippen LogP contribution in [-0.2, 0) is 0 Å². The van der Waals surface area contributed by atoms with Gasteiger partial charge in [-0.15, -0.1) is 0 Å². The molecule has 1 aliphatic carbocycles. The molecule has 0 aromatic heterocycles. The molecule has 2 fully saturated rings. The van der Waals surface area contributed by atoms with E-state index in [0.717, 1.165) is 25.1 Å². The molecular formula is C19H28N2O. The Morgan fingerprint density at radius 1 is 1.23 bits per heavy atom. The fourth-order valence-corrected chi connectivity index (χ4v) is 4.29. The molecule has 1 spiro atoms. The molecule has 1 heterocycles. The van der Waals surface area contributed by atoms with E-state index in [4.69, 9.17) is 0 Å². The van der Waals surface area contributed by atoms with Crippen molar-refractivity contribution in [3.63, 3.8) is 0 Å². The van der Waals surface area contributed by atoms with Crippen molar-refractivity contribution >= 4 is 5.91 Å². The maximum absolute atomic E-state index is 13.1. The fraction of sp³-hybridized carbons (Fsp3) is 0.632. The zero-order valence-corrected chi connectivity index (χ0v) is 13.9. The number of hydrogen-bond acceptors (Lipinski definition) is 2. The summed E-state index contributed by atoms with van der Waals surface area (Å²) in [6.45, 7) is 4.14. The second-order valence-electron chi connectivity index (χ2n) is 7.00. The SMILES string of the molecule is CCN(C)[C@@H]1CN(C(=O)c2ccccc2)C2(CCCCC2)C1. The van der Waals surface area contributed by atoms with E-state index in [1.54, 1.807) is 0 Å². The lowest BCUT2D eigenvalue weighted by Crippen LogP contribution is -2.48. The first kappa shape index (κ1) is 15.5. The average Bonchev–Trinajstić information content (AvgIpc) is 2.93. The third-order valence-corrected chi connectivity index (χ3v) is 5.75. The summed E-state index contributed by atoms with van der Waals surface area (Å²) < 4.78 is 0. The van der Waals surface area contributed by atoms with Gasteiger partial charge in [-0.1, -0.05) is 44.4 Å². The minimum Gasteiger partial charge on any atom is -0.331 e. The summed E-state index contributed by atoms with van der Waals surface area (Å²) in [5.74, 6) is 0.231. The third-order valence-electron chi connectivity index (χ3n) is 5.75. The molecule has 0 N–H and O–H groups in total. The van der Waals surface area contributed by atoms with Gasteiger partial charge < -0.3 is 9.80 Å². The molecule has 1 aliphatic heterocycles. The average molecular weight is 300 g/mol. The van der Waals surface area contributed by atoms with Crippen molar-refractivity contribution in [1.82, 2.24) is 9.80 Å². The Morgan fingerprint density at radius 2 is 1.91 bits per heavy atom. The van der Waals surface area contributed by atoms with Crippen LogP contribution in [-0.4, -0.2) is 47.4 Å². The van der Waals surface area contributed by atoms with Crippen molar-refractivity contribution in [2.75, 3.05) is 20.1 Å². The van der Waals surface area contributed by atoms with Crippen molar-refractivity contribution < 1.29 is 4.79 Å². The lowest BCUT2D eigenvalue weighted by Gasteiger charge is -2.41. The van der Waals surface area contributed by atoms with E-state index in [1.807, 2.05) is 30.3 Å². The first-order valence-corrected chi connectivity index (χ1v) is 8.73. The number of hydrogen-bond donors (Lipinski definition) is 0. The molecule has 1 amide bonds.